The van der Waals surface area contributed by atoms with E-state index >= 15 is 0 Å². The largest absolute Gasteiger partial charge is 0.380 e. The highest BCUT2D eigenvalue weighted by atomic mass is 16.5. The zero-order valence-electron chi connectivity index (χ0n) is 19.0. The minimum Gasteiger partial charge on any atom is -0.380 e. The first-order valence-electron chi connectivity index (χ1n) is 11.0. The topological polar surface area (TPSA) is 93.0 Å². The molecule has 9 heteroatoms. The first-order chi connectivity index (χ1) is 15.0. The number of rotatable bonds is 7. The molecule has 0 unspecified atom stereocenters. The summed E-state index contributed by atoms with van der Waals surface area (Å²) in [6.45, 7) is 14.0. The van der Waals surface area contributed by atoms with Crippen LogP contribution in [0.5, 0.6) is 0 Å². The number of hydrogen-bond acceptors (Lipinski definition) is 8. The summed E-state index contributed by atoms with van der Waals surface area (Å²) in [6.07, 6.45) is 1.85. The fourth-order valence-corrected chi connectivity index (χ4v) is 3.85. The van der Waals surface area contributed by atoms with Gasteiger partial charge in [-0.05, 0) is 46.2 Å². The van der Waals surface area contributed by atoms with Gasteiger partial charge in [0.15, 0.2) is 5.82 Å². The summed E-state index contributed by atoms with van der Waals surface area (Å²) < 4.78 is 7.50. The molecule has 9 nitrogen and oxygen atoms in total. The van der Waals surface area contributed by atoms with E-state index in [2.05, 4.69) is 34.4 Å². The Hall–Kier alpha value is -2.78. The molecule has 166 valence electrons. The Morgan fingerprint density at radius 1 is 1.23 bits per heavy atom. The minimum atomic E-state index is 0.298. The Morgan fingerprint density at radius 3 is 2.81 bits per heavy atom. The molecule has 4 rings (SSSR count). The lowest BCUT2D eigenvalue weighted by molar-refractivity contribution is 0.137. The van der Waals surface area contributed by atoms with Crippen molar-refractivity contribution in [2.24, 2.45) is 0 Å². The van der Waals surface area contributed by atoms with Crippen LogP contribution in [0.2, 0.25) is 0 Å². The monoisotopic (exact) mass is 424 g/mol. The molecule has 0 saturated carbocycles. The van der Waals surface area contributed by atoms with Gasteiger partial charge in [0.05, 0.1) is 18.8 Å². The predicted molar refractivity (Wildman–Crippen MR) is 123 cm³/mol. The highest BCUT2D eigenvalue weighted by Gasteiger charge is 2.27. The number of ether oxygens (including phenoxy) is 1. The number of anilines is 3. The van der Waals surface area contributed by atoms with Gasteiger partial charge in [-0.1, -0.05) is 6.07 Å². The molecule has 3 aromatic heterocycles. The predicted octanol–water partition coefficient (Wildman–Crippen LogP) is 2.80. The molecule has 4 heterocycles. The molecule has 1 saturated heterocycles. The summed E-state index contributed by atoms with van der Waals surface area (Å²) in [4.78, 5) is 16.7. The third-order valence-corrected chi connectivity index (χ3v) is 5.57. The van der Waals surface area contributed by atoms with Gasteiger partial charge in [-0.3, -0.25) is 4.68 Å². The Morgan fingerprint density at radius 2 is 2.06 bits per heavy atom. The molecule has 31 heavy (non-hydrogen) atoms. The molecule has 3 aromatic rings. The normalized spacial score (nSPS) is 19.2. The molecule has 0 spiro atoms. The number of piperazine rings is 1. The van der Waals surface area contributed by atoms with Crippen molar-refractivity contribution in [1.29, 1.82) is 0 Å². The molecular weight excluding hydrogens is 392 g/mol. The van der Waals surface area contributed by atoms with E-state index in [0.717, 1.165) is 47.1 Å². The van der Waals surface area contributed by atoms with Crippen LogP contribution in [0.3, 0.4) is 0 Å². The number of hydrogen-bond donors (Lipinski definition) is 2. The van der Waals surface area contributed by atoms with Crippen LogP contribution in [-0.4, -0.2) is 63.1 Å². The summed E-state index contributed by atoms with van der Waals surface area (Å²) >= 11 is 0. The van der Waals surface area contributed by atoms with Crippen molar-refractivity contribution in [2.75, 3.05) is 36.5 Å². The highest BCUT2D eigenvalue weighted by molar-refractivity contribution is 5.90. The Kier molecular flexibility index (Phi) is 6.33. The second kappa shape index (κ2) is 9.15. The third kappa shape index (κ3) is 4.62. The lowest BCUT2D eigenvalue weighted by Crippen LogP contribution is -2.55. The van der Waals surface area contributed by atoms with Gasteiger partial charge in [-0.15, -0.1) is 0 Å². The van der Waals surface area contributed by atoms with E-state index in [1.165, 1.54) is 0 Å². The van der Waals surface area contributed by atoms with Crippen molar-refractivity contribution in [3.8, 4) is 0 Å². The maximum absolute atomic E-state index is 5.56. The standard InChI is InChI=1S/C22H32N8O/c1-6-31-10-9-30-20-19(17(5)28-30)26-22(29-13-15(3)23-12-16(29)4)27-21(20)25-18-8-7-14(2)11-24-18/h7-8,11,15-16,23H,6,9-10,12-13H2,1-5H3,(H,24,25,26,27)/t15-,16+/m1/s1. The smallest absolute Gasteiger partial charge is 0.228 e. The maximum atomic E-state index is 5.56. The Labute approximate surface area is 183 Å². The van der Waals surface area contributed by atoms with Gasteiger partial charge in [0.25, 0.3) is 0 Å². The van der Waals surface area contributed by atoms with E-state index in [0.29, 0.717) is 37.7 Å². The van der Waals surface area contributed by atoms with Crippen molar-refractivity contribution in [1.82, 2.24) is 30.0 Å². The number of fused-ring (bicyclic) bond motifs is 1. The average molecular weight is 425 g/mol. The zero-order chi connectivity index (χ0) is 22.0. The van der Waals surface area contributed by atoms with Crippen LogP contribution in [0.1, 0.15) is 32.0 Å². The van der Waals surface area contributed by atoms with Crippen LogP contribution >= 0.6 is 0 Å². The first kappa shape index (κ1) is 21.5. The summed E-state index contributed by atoms with van der Waals surface area (Å²) in [7, 11) is 0. The summed E-state index contributed by atoms with van der Waals surface area (Å²) in [5, 5.41) is 11.7. The summed E-state index contributed by atoms with van der Waals surface area (Å²) in [5.74, 6) is 2.18. The second-order valence-electron chi connectivity index (χ2n) is 8.23. The fraction of sp³-hybridized carbons (Fsp3) is 0.545. The molecule has 2 atom stereocenters. The number of nitrogens with one attached hydrogen (secondary N) is 2. The van der Waals surface area contributed by atoms with Gasteiger partial charge in [-0.2, -0.15) is 10.1 Å². The molecule has 0 bridgehead atoms. The average Bonchev–Trinajstić information content (AvgIpc) is 3.07. The van der Waals surface area contributed by atoms with E-state index in [1.807, 2.05) is 43.8 Å². The van der Waals surface area contributed by atoms with Crippen LogP contribution in [0.15, 0.2) is 18.3 Å². The summed E-state index contributed by atoms with van der Waals surface area (Å²) in [6, 6.07) is 4.67. The minimum absolute atomic E-state index is 0.298. The number of nitrogens with zero attached hydrogens (tertiary/aromatic N) is 6. The molecule has 2 N–H and O–H groups in total. The van der Waals surface area contributed by atoms with E-state index in [9.17, 15) is 0 Å². The molecule has 0 aliphatic carbocycles. The van der Waals surface area contributed by atoms with E-state index in [1.54, 1.807) is 0 Å². The molecular formula is C22H32N8O. The lowest BCUT2D eigenvalue weighted by atomic mass is 10.1. The van der Waals surface area contributed by atoms with Gasteiger partial charge in [0.1, 0.15) is 16.9 Å². The van der Waals surface area contributed by atoms with Gasteiger partial charge in [0, 0.05) is 38.0 Å². The fourth-order valence-electron chi connectivity index (χ4n) is 3.85. The van der Waals surface area contributed by atoms with Gasteiger partial charge < -0.3 is 20.3 Å². The number of aromatic nitrogens is 5. The third-order valence-electron chi connectivity index (χ3n) is 5.57. The van der Waals surface area contributed by atoms with Gasteiger partial charge in [-0.25, -0.2) is 9.97 Å². The molecule has 1 aliphatic heterocycles. The van der Waals surface area contributed by atoms with Crippen LogP contribution in [0.4, 0.5) is 17.6 Å². The highest BCUT2D eigenvalue weighted by Crippen LogP contribution is 2.29. The van der Waals surface area contributed by atoms with Crippen LogP contribution in [0, 0.1) is 13.8 Å². The molecule has 0 aromatic carbocycles. The first-order valence-corrected chi connectivity index (χ1v) is 11.0. The Balaban J connectivity index is 1.79. The van der Waals surface area contributed by atoms with Crippen LogP contribution < -0.4 is 15.5 Å². The Bertz CT molecular complexity index is 1030. The van der Waals surface area contributed by atoms with Crippen molar-refractivity contribution in [3.63, 3.8) is 0 Å². The van der Waals surface area contributed by atoms with Crippen molar-refractivity contribution < 1.29 is 4.74 Å². The van der Waals surface area contributed by atoms with Gasteiger partial charge in [0.2, 0.25) is 5.95 Å². The van der Waals surface area contributed by atoms with Crippen LogP contribution in [0.25, 0.3) is 11.0 Å². The van der Waals surface area contributed by atoms with E-state index in [4.69, 9.17) is 19.8 Å². The summed E-state index contributed by atoms with van der Waals surface area (Å²) in [5.41, 5.74) is 3.72. The number of pyridine rings is 1. The lowest BCUT2D eigenvalue weighted by Gasteiger charge is -2.37. The van der Waals surface area contributed by atoms with E-state index in [-0.39, 0.29) is 0 Å². The van der Waals surface area contributed by atoms with Crippen molar-refractivity contribution in [3.05, 3.63) is 29.6 Å². The van der Waals surface area contributed by atoms with E-state index < -0.39 is 0 Å². The van der Waals surface area contributed by atoms with Crippen molar-refractivity contribution in [2.45, 2.75) is 53.2 Å². The maximum Gasteiger partial charge on any atom is 0.228 e. The second-order valence-corrected chi connectivity index (χ2v) is 8.23. The zero-order valence-corrected chi connectivity index (χ0v) is 19.0. The molecule has 1 aliphatic rings. The molecule has 1 fully saturated rings. The van der Waals surface area contributed by atoms with Crippen molar-refractivity contribution >= 4 is 28.6 Å². The molecule has 0 amide bonds. The molecule has 0 radical (unpaired) electrons. The SMILES string of the molecule is CCOCCn1nc(C)c2nc(N3C[C@@H](C)NC[C@@H]3C)nc(Nc3ccc(C)cn3)c21. The number of aryl methyl sites for hydroxylation is 2. The van der Waals surface area contributed by atoms with Crippen LogP contribution in [-0.2, 0) is 11.3 Å². The quantitative estimate of drug-likeness (QED) is 0.560. The van der Waals surface area contributed by atoms with Gasteiger partial charge >= 0.3 is 0 Å².